The Labute approximate surface area is 199 Å². The number of fused-ring (bicyclic) bond motifs is 4. The highest BCUT2D eigenvalue weighted by Gasteiger charge is 2.66. The fourth-order valence-corrected chi connectivity index (χ4v) is 6.07. The number of rotatable bonds is 8. The third-order valence-electron chi connectivity index (χ3n) is 7.61. The van der Waals surface area contributed by atoms with Crippen molar-refractivity contribution in [3.05, 3.63) is 59.7 Å². The van der Waals surface area contributed by atoms with Gasteiger partial charge in [0.15, 0.2) is 0 Å². The van der Waals surface area contributed by atoms with E-state index in [-0.39, 0.29) is 36.9 Å². The van der Waals surface area contributed by atoms with Crippen LogP contribution in [0.3, 0.4) is 0 Å². The van der Waals surface area contributed by atoms with Crippen molar-refractivity contribution < 1.29 is 24.2 Å². The van der Waals surface area contributed by atoms with Crippen LogP contribution in [0.5, 0.6) is 0 Å². The number of ether oxygens (including phenoxy) is 1. The molecule has 0 radical (unpaired) electrons. The van der Waals surface area contributed by atoms with Crippen LogP contribution < -0.4 is 5.32 Å². The molecule has 3 aliphatic carbocycles. The van der Waals surface area contributed by atoms with Crippen molar-refractivity contribution in [1.82, 2.24) is 10.2 Å². The van der Waals surface area contributed by atoms with Gasteiger partial charge in [-0.05, 0) is 53.9 Å². The summed E-state index contributed by atoms with van der Waals surface area (Å²) in [5, 5.41) is 12.1. The average molecular weight is 463 g/mol. The predicted molar refractivity (Wildman–Crippen MR) is 126 cm³/mol. The molecule has 178 valence electrons. The van der Waals surface area contributed by atoms with Crippen LogP contribution in [-0.2, 0) is 14.3 Å². The summed E-state index contributed by atoms with van der Waals surface area (Å²) in [5.74, 6) is -0.881. The zero-order chi connectivity index (χ0) is 23.9. The van der Waals surface area contributed by atoms with Crippen LogP contribution in [0.1, 0.15) is 49.7 Å². The molecule has 2 aromatic rings. The highest BCUT2D eigenvalue weighted by Crippen LogP contribution is 2.64. The van der Waals surface area contributed by atoms with E-state index in [4.69, 9.17) is 4.74 Å². The molecule has 7 heteroatoms. The minimum atomic E-state index is -0.998. The van der Waals surface area contributed by atoms with Gasteiger partial charge in [0.1, 0.15) is 13.2 Å². The zero-order valence-electron chi connectivity index (χ0n) is 19.3. The van der Waals surface area contributed by atoms with Gasteiger partial charge in [-0.25, -0.2) is 4.79 Å². The molecular formula is C27H30N2O5. The predicted octanol–water partition coefficient (Wildman–Crippen LogP) is 4.02. The number of carboxylic acid groups (broad SMARTS) is 1. The number of hydrogen-bond acceptors (Lipinski definition) is 4. The first-order valence-electron chi connectivity index (χ1n) is 12.1. The second-order valence-electron chi connectivity index (χ2n) is 9.78. The Morgan fingerprint density at radius 2 is 1.71 bits per heavy atom. The van der Waals surface area contributed by atoms with Crippen LogP contribution in [0.15, 0.2) is 48.5 Å². The van der Waals surface area contributed by atoms with Crippen LogP contribution in [0.4, 0.5) is 4.79 Å². The Morgan fingerprint density at radius 1 is 1.06 bits per heavy atom. The topological polar surface area (TPSA) is 95.9 Å². The molecule has 34 heavy (non-hydrogen) atoms. The molecule has 2 amide bonds. The molecule has 0 bridgehead atoms. The normalized spacial score (nSPS) is 24.0. The summed E-state index contributed by atoms with van der Waals surface area (Å²) in [4.78, 5) is 38.4. The van der Waals surface area contributed by atoms with Crippen molar-refractivity contribution in [2.75, 3.05) is 19.7 Å². The van der Waals surface area contributed by atoms with E-state index in [1.54, 1.807) is 0 Å². The maximum absolute atomic E-state index is 13.1. The van der Waals surface area contributed by atoms with Crippen LogP contribution in [0.25, 0.3) is 11.1 Å². The summed E-state index contributed by atoms with van der Waals surface area (Å²) in [6.45, 7) is 2.35. The number of alkyl carbamates (subject to hydrolysis) is 1. The molecule has 0 heterocycles. The van der Waals surface area contributed by atoms with Gasteiger partial charge in [-0.15, -0.1) is 0 Å². The maximum Gasteiger partial charge on any atom is 0.407 e. The fraction of sp³-hybridized carbons (Fsp3) is 0.444. The quantitative estimate of drug-likeness (QED) is 0.618. The Kier molecular flexibility index (Phi) is 5.80. The lowest BCUT2D eigenvalue weighted by Crippen LogP contribution is -2.42. The lowest BCUT2D eigenvalue weighted by atomic mass is 9.98. The van der Waals surface area contributed by atoms with Gasteiger partial charge in [0.25, 0.3) is 0 Å². The lowest BCUT2D eigenvalue weighted by Gasteiger charge is -2.25. The molecule has 2 fully saturated rings. The standard InChI is InChI=1S/C27H30N2O5/c1-2-11-29(15-24(30)31)25(32)27-13-17(27)12-18(14-27)28-26(33)34-16-23-21-9-5-3-7-19(21)20-8-4-6-10-22(20)23/h3-10,17-18,23H,2,11-16H2,1H3,(H,28,33)(H,30,31). The van der Waals surface area contributed by atoms with E-state index in [1.807, 2.05) is 31.2 Å². The average Bonchev–Trinajstić information content (AvgIpc) is 3.25. The number of benzene rings is 2. The van der Waals surface area contributed by atoms with E-state index in [0.29, 0.717) is 19.4 Å². The molecule has 5 rings (SSSR count). The molecule has 2 saturated carbocycles. The summed E-state index contributed by atoms with van der Waals surface area (Å²) in [7, 11) is 0. The fourth-order valence-electron chi connectivity index (χ4n) is 6.07. The molecule has 2 N–H and O–H groups in total. The third-order valence-corrected chi connectivity index (χ3v) is 7.61. The van der Waals surface area contributed by atoms with Crippen molar-refractivity contribution in [3.8, 4) is 11.1 Å². The van der Waals surface area contributed by atoms with Gasteiger partial charge in [0.2, 0.25) is 5.91 Å². The number of carbonyl (C=O) groups is 3. The molecule has 2 aromatic carbocycles. The van der Waals surface area contributed by atoms with Crippen molar-refractivity contribution in [1.29, 1.82) is 0 Å². The highest BCUT2D eigenvalue weighted by molar-refractivity contribution is 5.89. The molecule has 0 aromatic heterocycles. The molecule has 3 aliphatic rings. The van der Waals surface area contributed by atoms with Gasteiger partial charge < -0.3 is 20.1 Å². The molecular weight excluding hydrogens is 432 g/mol. The third kappa shape index (κ3) is 3.93. The first-order chi connectivity index (χ1) is 16.4. The van der Waals surface area contributed by atoms with Crippen molar-refractivity contribution in [3.63, 3.8) is 0 Å². The van der Waals surface area contributed by atoms with Gasteiger partial charge >= 0.3 is 12.1 Å². The zero-order valence-corrected chi connectivity index (χ0v) is 19.3. The van der Waals surface area contributed by atoms with Gasteiger partial charge in [-0.2, -0.15) is 0 Å². The van der Waals surface area contributed by atoms with E-state index in [9.17, 15) is 19.5 Å². The molecule has 3 unspecified atom stereocenters. The van der Waals surface area contributed by atoms with E-state index in [2.05, 4.69) is 29.6 Å². The molecule has 0 aliphatic heterocycles. The first kappa shape index (κ1) is 22.4. The summed E-state index contributed by atoms with van der Waals surface area (Å²) in [5.41, 5.74) is 4.17. The van der Waals surface area contributed by atoms with Crippen LogP contribution in [0, 0.1) is 11.3 Å². The van der Waals surface area contributed by atoms with E-state index in [0.717, 1.165) is 24.0 Å². The second-order valence-corrected chi connectivity index (χ2v) is 9.78. The van der Waals surface area contributed by atoms with E-state index < -0.39 is 17.5 Å². The van der Waals surface area contributed by atoms with Gasteiger partial charge in [-0.3, -0.25) is 9.59 Å². The first-order valence-corrected chi connectivity index (χ1v) is 12.1. The molecule has 7 nitrogen and oxygen atoms in total. The van der Waals surface area contributed by atoms with Gasteiger partial charge in [0.05, 0.1) is 5.41 Å². The van der Waals surface area contributed by atoms with Crippen LogP contribution in [-0.4, -0.2) is 53.7 Å². The van der Waals surface area contributed by atoms with Crippen LogP contribution in [0.2, 0.25) is 0 Å². The smallest absolute Gasteiger partial charge is 0.407 e. The van der Waals surface area contributed by atoms with Crippen molar-refractivity contribution in [2.45, 2.75) is 44.6 Å². The molecule has 3 atom stereocenters. The summed E-state index contributed by atoms with van der Waals surface area (Å²) >= 11 is 0. The number of nitrogens with one attached hydrogen (secondary N) is 1. The van der Waals surface area contributed by atoms with Crippen molar-refractivity contribution >= 4 is 18.0 Å². The summed E-state index contributed by atoms with van der Waals surface area (Å²) in [6.07, 6.45) is 2.28. The SMILES string of the molecule is CCCN(CC(=O)O)C(=O)C12CC(NC(=O)OCC3c4ccccc4-c4ccccc43)CC1C2. The number of amides is 2. The Bertz CT molecular complexity index is 1090. The maximum atomic E-state index is 13.1. The molecule has 0 spiro atoms. The number of carbonyl (C=O) groups excluding carboxylic acids is 2. The number of carboxylic acids is 1. The summed E-state index contributed by atoms with van der Waals surface area (Å²) in [6, 6.07) is 16.3. The van der Waals surface area contributed by atoms with Gasteiger partial charge in [-0.1, -0.05) is 55.5 Å². The van der Waals surface area contributed by atoms with E-state index in [1.165, 1.54) is 16.0 Å². The largest absolute Gasteiger partial charge is 0.480 e. The highest BCUT2D eigenvalue weighted by atomic mass is 16.5. The minimum Gasteiger partial charge on any atom is -0.480 e. The van der Waals surface area contributed by atoms with Crippen LogP contribution >= 0.6 is 0 Å². The van der Waals surface area contributed by atoms with Gasteiger partial charge in [0, 0.05) is 18.5 Å². The van der Waals surface area contributed by atoms with Crippen molar-refractivity contribution in [2.24, 2.45) is 11.3 Å². The Morgan fingerprint density at radius 3 is 2.32 bits per heavy atom. The number of aliphatic carboxylic acids is 1. The molecule has 0 saturated heterocycles. The van der Waals surface area contributed by atoms with E-state index >= 15 is 0 Å². The Balaban J connectivity index is 1.19. The monoisotopic (exact) mass is 462 g/mol. The lowest BCUT2D eigenvalue weighted by molar-refractivity contribution is -0.147. The number of hydrogen-bond donors (Lipinski definition) is 2. The Hall–Kier alpha value is -3.35. The minimum absolute atomic E-state index is 0.00155. The number of nitrogens with zero attached hydrogens (tertiary/aromatic N) is 1. The summed E-state index contributed by atoms with van der Waals surface area (Å²) < 4.78 is 5.66. The second kappa shape index (κ2) is 8.78.